The van der Waals surface area contributed by atoms with E-state index in [1.807, 2.05) is 31.2 Å². The summed E-state index contributed by atoms with van der Waals surface area (Å²) in [5.74, 6) is 1.35. The number of pyridine rings is 1. The second kappa shape index (κ2) is 5.67. The molecule has 0 bridgehead atoms. The van der Waals surface area contributed by atoms with Gasteiger partial charge in [0.05, 0.1) is 25.5 Å². The molecule has 2 heterocycles. The summed E-state index contributed by atoms with van der Waals surface area (Å²) in [7, 11) is 3.23. The number of rotatable bonds is 3. The zero-order valence-corrected chi connectivity index (χ0v) is 12.9. The van der Waals surface area contributed by atoms with E-state index < -0.39 is 0 Å². The van der Waals surface area contributed by atoms with Gasteiger partial charge in [0.1, 0.15) is 0 Å². The number of hydrogen-bond donors (Lipinski definition) is 1. The number of fused-ring (bicyclic) bond motifs is 1. The van der Waals surface area contributed by atoms with E-state index in [1.54, 1.807) is 14.2 Å². The molecule has 3 rings (SSSR count). The first-order valence-electron chi connectivity index (χ1n) is 7.10. The summed E-state index contributed by atoms with van der Waals surface area (Å²) in [6.45, 7) is 2.51. The van der Waals surface area contributed by atoms with Crippen molar-refractivity contribution < 1.29 is 14.6 Å². The molecule has 114 valence electrons. The predicted molar refractivity (Wildman–Crippen MR) is 84.4 cm³/mol. The summed E-state index contributed by atoms with van der Waals surface area (Å²) in [6, 6.07) is 7.60. The highest BCUT2D eigenvalue weighted by molar-refractivity contribution is 6.15. The largest absolute Gasteiger partial charge is 0.493 e. The van der Waals surface area contributed by atoms with Gasteiger partial charge in [-0.2, -0.15) is 0 Å². The van der Waals surface area contributed by atoms with E-state index in [2.05, 4.69) is 9.98 Å². The van der Waals surface area contributed by atoms with Gasteiger partial charge in [0.15, 0.2) is 11.5 Å². The molecule has 0 aliphatic carbocycles. The van der Waals surface area contributed by atoms with Gasteiger partial charge in [0, 0.05) is 17.8 Å². The van der Waals surface area contributed by atoms with E-state index in [4.69, 9.17) is 9.47 Å². The fourth-order valence-electron chi connectivity index (χ4n) is 2.68. The number of aliphatic imine (C=N–C) groups is 1. The predicted octanol–water partition coefficient (Wildman–Crippen LogP) is 2.51. The molecule has 5 heteroatoms. The Morgan fingerprint density at radius 1 is 1.05 bits per heavy atom. The molecule has 2 aromatic rings. The Kier molecular flexibility index (Phi) is 3.71. The van der Waals surface area contributed by atoms with Crippen molar-refractivity contribution >= 4 is 5.71 Å². The van der Waals surface area contributed by atoms with Crippen LogP contribution in [0.5, 0.6) is 17.4 Å². The standard InChI is InChI=1S/C17H18N2O3/c1-10-4-5-12(17(20)19-10)16-13-9-15(22-3)14(21-2)8-11(13)6-7-18-16/h4-5,8-9H,6-7H2,1-3H3,(H,19,20). The minimum atomic E-state index is 0.00128. The molecule has 1 aliphatic heterocycles. The highest BCUT2D eigenvalue weighted by atomic mass is 16.5. The Hall–Kier alpha value is -2.56. The number of nitrogens with zero attached hydrogens (tertiary/aromatic N) is 2. The third-order valence-electron chi connectivity index (χ3n) is 3.79. The second-order valence-corrected chi connectivity index (χ2v) is 5.17. The SMILES string of the molecule is COc1cc2c(cc1OC)C(c1ccc(C)nc1O)=NCC2. The highest BCUT2D eigenvalue weighted by Crippen LogP contribution is 2.34. The number of benzene rings is 1. The maximum atomic E-state index is 10.1. The normalized spacial score (nSPS) is 13.3. The van der Waals surface area contributed by atoms with Gasteiger partial charge in [-0.1, -0.05) is 0 Å². The Morgan fingerprint density at radius 2 is 1.77 bits per heavy atom. The minimum absolute atomic E-state index is 0.00128. The quantitative estimate of drug-likeness (QED) is 0.945. The van der Waals surface area contributed by atoms with E-state index in [1.165, 1.54) is 0 Å². The van der Waals surface area contributed by atoms with Gasteiger partial charge in [0.25, 0.3) is 0 Å². The van der Waals surface area contributed by atoms with Crippen molar-refractivity contribution in [3.8, 4) is 17.4 Å². The van der Waals surface area contributed by atoms with Crippen molar-refractivity contribution in [2.45, 2.75) is 13.3 Å². The topological polar surface area (TPSA) is 63.9 Å². The number of methoxy groups -OCH3 is 2. The number of hydrogen-bond acceptors (Lipinski definition) is 5. The average Bonchev–Trinajstić information content (AvgIpc) is 2.53. The first-order valence-corrected chi connectivity index (χ1v) is 7.10. The van der Waals surface area contributed by atoms with E-state index in [9.17, 15) is 5.11 Å². The van der Waals surface area contributed by atoms with Crippen LogP contribution < -0.4 is 9.47 Å². The fraction of sp³-hybridized carbons (Fsp3) is 0.294. The van der Waals surface area contributed by atoms with Crippen molar-refractivity contribution in [1.82, 2.24) is 4.98 Å². The molecule has 0 saturated carbocycles. The van der Waals surface area contributed by atoms with E-state index in [0.29, 0.717) is 23.6 Å². The van der Waals surface area contributed by atoms with Crippen LogP contribution in [0.25, 0.3) is 0 Å². The summed E-state index contributed by atoms with van der Waals surface area (Å²) < 4.78 is 10.7. The smallest absolute Gasteiger partial charge is 0.220 e. The number of aromatic nitrogens is 1. The summed E-state index contributed by atoms with van der Waals surface area (Å²) in [6.07, 6.45) is 0.833. The Balaban J connectivity index is 2.15. The van der Waals surface area contributed by atoms with E-state index >= 15 is 0 Å². The van der Waals surface area contributed by atoms with Crippen LogP contribution >= 0.6 is 0 Å². The van der Waals surface area contributed by atoms with Crippen LogP contribution in [0.1, 0.15) is 22.4 Å². The first-order chi connectivity index (χ1) is 10.6. The van der Waals surface area contributed by atoms with Crippen molar-refractivity contribution in [3.63, 3.8) is 0 Å². The molecule has 1 N–H and O–H groups in total. The van der Waals surface area contributed by atoms with Gasteiger partial charge >= 0.3 is 0 Å². The molecule has 0 amide bonds. The van der Waals surface area contributed by atoms with Gasteiger partial charge in [0.2, 0.25) is 5.88 Å². The third-order valence-corrected chi connectivity index (χ3v) is 3.79. The van der Waals surface area contributed by atoms with Gasteiger partial charge < -0.3 is 14.6 Å². The molecule has 0 unspecified atom stereocenters. The molecule has 1 aromatic heterocycles. The van der Waals surface area contributed by atoms with Crippen LogP contribution in [0.2, 0.25) is 0 Å². The van der Waals surface area contributed by atoms with Crippen LogP contribution in [0.4, 0.5) is 0 Å². The molecule has 0 radical (unpaired) electrons. The molecular formula is C17H18N2O3. The maximum absolute atomic E-state index is 10.1. The number of ether oxygens (including phenoxy) is 2. The molecule has 1 aliphatic rings. The van der Waals surface area contributed by atoms with E-state index in [-0.39, 0.29) is 5.88 Å². The lowest BCUT2D eigenvalue weighted by Crippen LogP contribution is -2.15. The number of aryl methyl sites for hydroxylation is 1. The van der Waals surface area contributed by atoms with Crippen molar-refractivity contribution in [2.75, 3.05) is 20.8 Å². The van der Waals surface area contributed by atoms with Gasteiger partial charge in [-0.3, -0.25) is 4.99 Å². The Labute approximate surface area is 129 Å². The summed E-state index contributed by atoms with van der Waals surface area (Å²) in [4.78, 5) is 8.70. The van der Waals surface area contributed by atoms with Gasteiger partial charge in [-0.05, 0) is 43.2 Å². The lowest BCUT2D eigenvalue weighted by Gasteiger charge is -2.20. The van der Waals surface area contributed by atoms with Crippen molar-refractivity contribution in [1.29, 1.82) is 0 Å². The van der Waals surface area contributed by atoms with Crippen LogP contribution in [0.15, 0.2) is 29.3 Å². The summed E-state index contributed by atoms with van der Waals surface area (Å²) in [5, 5.41) is 10.1. The first kappa shape index (κ1) is 14.4. The monoisotopic (exact) mass is 298 g/mol. The van der Waals surface area contributed by atoms with Crippen LogP contribution in [-0.4, -0.2) is 36.6 Å². The highest BCUT2D eigenvalue weighted by Gasteiger charge is 2.22. The van der Waals surface area contributed by atoms with E-state index in [0.717, 1.165) is 29.0 Å². The zero-order valence-electron chi connectivity index (χ0n) is 12.9. The molecule has 0 saturated heterocycles. The number of aromatic hydroxyl groups is 1. The fourth-order valence-corrected chi connectivity index (χ4v) is 2.68. The average molecular weight is 298 g/mol. The molecular weight excluding hydrogens is 280 g/mol. The summed E-state index contributed by atoms with van der Waals surface area (Å²) >= 11 is 0. The third kappa shape index (κ3) is 2.39. The molecule has 0 fully saturated rings. The van der Waals surface area contributed by atoms with Gasteiger partial charge in [-0.15, -0.1) is 0 Å². The molecule has 1 aromatic carbocycles. The minimum Gasteiger partial charge on any atom is -0.493 e. The lowest BCUT2D eigenvalue weighted by atomic mass is 9.93. The molecule has 5 nitrogen and oxygen atoms in total. The van der Waals surface area contributed by atoms with Crippen molar-refractivity contribution in [3.05, 3.63) is 46.6 Å². The van der Waals surface area contributed by atoms with Crippen LogP contribution in [-0.2, 0) is 6.42 Å². The Bertz CT molecular complexity index is 754. The zero-order chi connectivity index (χ0) is 15.7. The molecule has 22 heavy (non-hydrogen) atoms. The van der Waals surface area contributed by atoms with Crippen LogP contribution in [0.3, 0.4) is 0 Å². The second-order valence-electron chi connectivity index (χ2n) is 5.17. The molecule has 0 atom stereocenters. The van der Waals surface area contributed by atoms with Crippen molar-refractivity contribution in [2.24, 2.45) is 4.99 Å². The van der Waals surface area contributed by atoms with Gasteiger partial charge in [-0.25, -0.2) is 4.98 Å². The summed E-state index contributed by atoms with van der Waals surface area (Å²) in [5.41, 5.74) is 4.23. The lowest BCUT2D eigenvalue weighted by molar-refractivity contribution is 0.354. The molecule has 0 spiro atoms. The Morgan fingerprint density at radius 3 is 2.45 bits per heavy atom. The van der Waals surface area contributed by atoms with Crippen LogP contribution in [0, 0.1) is 6.92 Å². The maximum Gasteiger partial charge on any atom is 0.220 e.